The highest BCUT2D eigenvalue weighted by Crippen LogP contribution is 2.32. The second kappa shape index (κ2) is 6.67. The summed E-state index contributed by atoms with van der Waals surface area (Å²) >= 11 is 5.93. The number of halogens is 3. The highest BCUT2D eigenvalue weighted by atomic mass is 35.5. The monoisotopic (exact) mass is 314 g/mol. The quantitative estimate of drug-likeness (QED) is 0.783. The Morgan fingerprint density at radius 3 is 2.57 bits per heavy atom. The van der Waals surface area contributed by atoms with Crippen molar-refractivity contribution in [3.05, 3.63) is 35.1 Å². The lowest BCUT2D eigenvalue weighted by Gasteiger charge is -2.11. The van der Waals surface area contributed by atoms with Crippen molar-refractivity contribution in [3.8, 4) is 22.9 Å². The molecule has 0 aliphatic carbocycles. The van der Waals surface area contributed by atoms with E-state index in [9.17, 15) is 8.78 Å². The maximum atomic E-state index is 12.4. The average molecular weight is 315 g/mol. The number of ether oxygens (including phenoxy) is 2. The standard InChI is InChI=1S/C14H13ClF2N2O2/c1-3-9-7-12(15)19-13(18-9)8-4-5-10(20-2)11(6-8)21-14(16)17/h4-7,14H,3H2,1-2H3. The fraction of sp³-hybridized carbons (Fsp3) is 0.286. The van der Waals surface area contributed by atoms with Gasteiger partial charge in [-0.05, 0) is 30.7 Å². The van der Waals surface area contributed by atoms with E-state index < -0.39 is 6.61 Å². The molecule has 0 N–H and O–H groups in total. The van der Waals surface area contributed by atoms with E-state index in [-0.39, 0.29) is 11.5 Å². The summed E-state index contributed by atoms with van der Waals surface area (Å²) < 4.78 is 34.3. The number of methoxy groups -OCH3 is 1. The maximum absolute atomic E-state index is 12.4. The van der Waals surface area contributed by atoms with E-state index in [0.29, 0.717) is 23.0 Å². The van der Waals surface area contributed by atoms with Gasteiger partial charge in [0.25, 0.3) is 0 Å². The molecule has 0 saturated heterocycles. The Kier molecular flexibility index (Phi) is 4.90. The largest absolute Gasteiger partial charge is 0.493 e. The first-order valence-electron chi connectivity index (χ1n) is 6.20. The molecule has 7 heteroatoms. The summed E-state index contributed by atoms with van der Waals surface area (Å²) in [5, 5.41) is 0.295. The molecule has 1 aromatic carbocycles. The Bertz CT molecular complexity index is 638. The van der Waals surface area contributed by atoms with Gasteiger partial charge in [0, 0.05) is 11.3 Å². The van der Waals surface area contributed by atoms with E-state index in [4.69, 9.17) is 16.3 Å². The van der Waals surface area contributed by atoms with Gasteiger partial charge in [0.2, 0.25) is 0 Å². The Morgan fingerprint density at radius 1 is 1.19 bits per heavy atom. The van der Waals surface area contributed by atoms with Crippen LogP contribution in [0, 0.1) is 0 Å². The molecule has 2 aromatic rings. The zero-order chi connectivity index (χ0) is 15.4. The summed E-state index contributed by atoms with van der Waals surface area (Å²) in [4.78, 5) is 8.42. The van der Waals surface area contributed by atoms with Crippen LogP contribution in [0.25, 0.3) is 11.4 Å². The SMILES string of the molecule is CCc1cc(Cl)nc(-c2ccc(OC)c(OC(F)F)c2)n1. The molecular weight excluding hydrogens is 302 g/mol. The van der Waals surface area contributed by atoms with Gasteiger partial charge in [0.15, 0.2) is 17.3 Å². The number of aryl methyl sites for hydroxylation is 1. The van der Waals surface area contributed by atoms with Crippen LogP contribution >= 0.6 is 11.6 Å². The van der Waals surface area contributed by atoms with Gasteiger partial charge in [-0.25, -0.2) is 9.97 Å². The molecule has 2 rings (SSSR count). The van der Waals surface area contributed by atoms with Crippen LogP contribution in [0.5, 0.6) is 11.5 Å². The molecule has 0 amide bonds. The predicted molar refractivity (Wildman–Crippen MR) is 75.0 cm³/mol. The molecule has 0 fully saturated rings. The first kappa shape index (κ1) is 15.4. The van der Waals surface area contributed by atoms with E-state index >= 15 is 0 Å². The molecule has 0 unspecified atom stereocenters. The second-order valence-electron chi connectivity index (χ2n) is 4.10. The molecule has 0 saturated carbocycles. The summed E-state index contributed by atoms with van der Waals surface area (Å²) in [5.74, 6) is 0.476. The zero-order valence-corrected chi connectivity index (χ0v) is 12.2. The van der Waals surface area contributed by atoms with Gasteiger partial charge in [-0.1, -0.05) is 18.5 Å². The average Bonchev–Trinajstić information content (AvgIpc) is 2.45. The lowest BCUT2D eigenvalue weighted by atomic mass is 10.2. The Hall–Kier alpha value is -1.95. The molecule has 0 aliphatic rings. The molecule has 112 valence electrons. The van der Waals surface area contributed by atoms with Gasteiger partial charge >= 0.3 is 6.61 Å². The van der Waals surface area contributed by atoms with Crippen LogP contribution in [0.3, 0.4) is 0 Å². The van der Waals surface area contributed by atoms with Gasteiger partial charge in [-0.15, -0.1) is 0 Å². The highest BCUT2D eigenvalue weighted by molar-refractivity contribution is 6.29. The third-order valence-electron chi connectivity index (χ3n) is 2.75. The van der Waals surface area contributed by atoms with Gasteiger partial charge in [0.05, 0.1) is 7.11 Å². The van der Waals surface area contributed by atoms with Crippen LogP contribution in [0.2, 0.25) is 5.15 Å². The van der Waals surface area contributed by atoms with Crippen molar-refractivity contribution >= 4 is 11.6 Å². The topological polar surface area (TPSA) is 44.2 Å². The number of hydrogen-bond acceptors (Lipinski definition) is 4. The van der Waals surface area contributed by atoms with Crippen LogP contribution < -0.4 is 9.47 Å². The van der Waals surface area contributed by atoms with Crippen molar-refractivity contribution in [2.24, 2.45) is 0 Å². The molecule has 1 aromatic heterocycles. The minimum Gasteiger partial charge on any atom is -0.493 e. The third kappa shape index (κ3) is 3.78. The molecule has 0 radical (unpaired) electrons. The van der Waals surface area contributed by atoms with Crippen LogP contribution in [0.15, 0.2) is 24.3 Å². The third-order valence-corrected chi connectivity index (χ3v) is 2.94. The molecular formula is C14H13ClF2N2O2. The maximum Gasteiger partial charge on any atom is 0.387 e. The van der Waals surface area contributed by atoms with Gasteiger partial charge < -0.3 is 9.47 Å². The number of nitrogens with zero attached hydrogens (tertiary/aromatic N) is 2. The van der Waals surface area contributed by atoms with Crippen LogP contribution in [-0.4, -0.2) is 23.7 Å². The highest BCUT2D eigenvalue weighted by Gasteiger charge is 2.14. The van der Waals surface area contributed by atoms with E-state index in [1.54, 1.807) is 12.1 Å². The summed E-state index contributed by atoms with van der Waals surface area (Å²) in [7, 11) is 1.37. The van der Waals surface area contributed by atoms with Crippen molar-refractivity contribution in [1.82, 2.24) is 9.97 Å². The van der Waals surface area contributed by atoms with Crippen molar-refractivity contribution in [1.29, 1.82) is 0 Å². The zero-order valence-electron chi connectivity index (χ0n) is 11.4. The van der Waals surface area contributed by atoms with Crippen molar-refractivity contribution in [2.45, 2.75) is 20.0 Å². The first-order chi connectivity index (χ1) is 10.0. The lowest BCUT2D eigenvalue weighted by molar-refractivity contribution is -0.0511. The molecule has 1 heterocycles. The number of rotatable bonds is 5. The van der Waals surface area contributed by atoms with E-state index in [0.717, 1.165) is 5.69 Å². The second-order valence-corrected chi connectivity index (χ2v) is 4.49. The first-order valence-corrected chi connectivity index (χ1v) is 6.58. The fourth-order valence-electron chi connectivity index (χ4n) is 1.78. The molecule has 0 bridgehead atoms. The lowest BCUT2D eigenvalue weighted by Crippen LogP contribution is -2.04. The fourth-order valence-corrected chi connectivity index (χ4v) is 1.98. The Labute approximate surface area is 125 Å². The Balaban J connectivity index is 2.46. The summed E-state index contributed by atoms with van der Waals surface area (Å²) in [6.45, 7) is -1.01. The van der Waals surface area contributed by atoms with Gasteiger partial charge in [0.1, 0.15) is 5.15 Å². The molecule has 0 spiro atoms. The van der Waals surface area contributed by atoms with Gasteiger partial charge in [-0.3, -0.25) is 0 Å². The summed E-state index contributed by atoms with van der Waals surface area (Å²) in [5.41, 5.74) is 1.28. The summed E-state index contributed by atoms with van der Waals surface area (Å²) in [6.07, 6.45) is 0.686. The summed E-state index contributed by atoms with van der Waals surface area (Å²) in [6, 6.07) is 6.23. The van der Waals surface area contributed by atoms with Crippen LogP contribution in [0.4, 0.5) is 8.78 Å². The van der Waals surface area contributed by atoms with Crippen molar-refractivity contribution in [3.63, 3.8) is 0 Å². The minimum absolute atomic E-state index is 0.0772. The van der Waals surface area contributed by atoms with Crippen LogP contribution in [-0.2, 0) is 6.42 Å². The number of benzene rings is 1. The smallest absolute Gasteiger partial charge is 0.387 e. The minimum atomic E-state index is -2.94. The normalized spacial score (nSPS) is 10.8. The van der Waals surface area contributed by atoms with Gasteiger partial charge in [-0.2, -0.15) is 8.78 Å². The van der Waals surface area contributed by atoms with E-state index in [1.807, 2.05) is 6.92 Å². The van der Waals surface area contributed by atoms with Crippen LogP contribution in [0.1, 0.15) is 12.6 Å². The van der Waals surface area contributed by atoms with Crippen molar-refractivity contribution < 1.29 is 18.3 Å². The molecule has 0 aliphatic heterocycles. The number of aromatic nitrogens is 2. The van der Waals surface area contributed by atoms with E-state index in [1.165, 1.54) is 19.2 Å². The number of hydrogen-bond donors (Lipinski definition) is 0. The molecule has 0 atom stereocenters. The molecule has 21 heavy (non-hydrogen) atoms. The Morgan fingerprint density at radius 2 is 1.95 bits per heavy atom. The van der Waals surface area contributed by atoms with Crippen molar-refractivity contribution in [2.75, 3.05) is 7.11 Å². The predicted octanol–water partition coefficient (Wildman–Crippen LogP) is 3.97. The molecule has 4 nitrogen and oxygen atoms in total. The number of alkyl halides is 2. The van der Waals surface area contributed by atoms with E-state index in [2.05, 4.69) is 14.7 Å².